The second-order valence-corrected chi connectivity index (χ2v) is 7.88. The maximum Gasteiger partial charge on any atom is 0.000703 e. The quantitative estimate of drug-likeness (QED) is 0.236. The normalized spacial score (nSPS) is 9.87. The molecule has 0 saturated carbocycles. The Balaban J connectivity index is 0.000000615. The van der Waals surface area contributed by atoms with Crippen LogP contribution in [0.4, 0.5) is 0 Å². The molecule has 0 heterocycles. The second-order valence-electron chi connectivity index (χ2n) is 7.88. The minimum Gasteiger partial charge on any atom is -0.748 e. The Morgan fingerprint density at radius 1 is 0.677 bits per heavy atom. The zero-order valence-corrected chi connectivity index (χ0v) is 20.6. The molecule has 0 aromatic heterocycles. The molecule has 0 fully saturated rings. The smallest absolute Gasteiger partial charge is 0.000703 e. The van der Waals surface area contributed by atoms with Crippen molar-refractivity contribution in [1.82, 2.24) is 10.6 Å². The van der Waals surface area contributed by atoms with Gasteiger partial charge in [-0.3, -0.25) is 0 Å². The maximum atomic E-state index is 3.53. The Morgan fingerprint density at radius 2 is 1.13 bits per heavy atom. The topological polar surface area (TPSA) is 24.1 Å². The van der Waals surface area contributed by atoms with E-state index in [0.29, 0.717) is 0 Å². The maximum absolute atomic E-state index is 3.53. The number of rotatable bonds is 8. The van der Waals surface area contributed by atoms with Crippen LogP contribution in [0.5, 0.6) is 0 Å². The molecule has 0 aliphatic heterocycles. The van der Waals surface area contributed by atoms with Gasteiger partial charge in [0.2, 0.25) is 0 Å². The first-order chi connectivity index (χ1) is 14.2. The molecular formula is C27H34Fe2N2-8. The average Bonchev–Trinajstić information content (AvgIpc) is 3.54. The predicted octanol–water partition coefficient (Wildman–Crippen LogP) is 5.84. The van der Waals surface area contributed by atoms with Crippen LogP contribution in [-0.4, -0.2) is 13.1 Å². The molecule has 0 atom stereocenters. The summed E-state index contributed by atoms with van der Waals surface area (Å²) in [6.45, 7) is 8.54. The summed E-state index contributed by atoms with van der Waals surface area (Å²) in [4.78, 5) is 0. The fourth-order valence-corrected chi connectivity index (χ4v) is 2.86. The number of hydrogen-bond donors (Lipinski definition) is 2. The number of hydrogen-bond acceptors (Lipinski definition) is 2. The molecule has 0 bridgehead atoms. The van der Waals surface area contributed by atoms with Gasteiger partial charge in [0, 0.05) is 40.7 Å². The van der Waals surface area contributed by atoms with E-state index in [2.05, 4.69) is 73.0 Å². The van der Waals surface area contributed by atoms with Crippen LogP contribution < -0.4 is 10.6 Å². The van der Waals surface area contributed by atoms with Crippen molar-refractivity contribution < 1.29 is 34.1 Å². The van der Waals surface area contributed by atoms with Gasteiger partial charge in [-0.25, -0.2) is 36.4 Å². The van der Waals surface area contributed by atoms with Crippen LogP contribution in [0.2, 0.25) is 0 Å². The molecule has 0 saturated heterocycles. The van der Waals surface area contributed by atoms with Crippen LogP contribution in [-0.2, 0) is 47.2 Å². The van der Waals surface area contributed by atoms with Gasteiger partial charge in [0.1, 0.15) is 0 Å². The van der Waals surface area contributed by atoms with Crippen LogP contribution in [0.25, 0.3) is 0 Å². The summed E-state index contributed by atoms with van der Waals surface area (Å²) in [7, 11) is 0. The Labute approximate surface area is 209 Å². The van der Waals surface area contributed by atoms with Gasteiger partial charge < -0.3 is 40.5 Å². The fraction of sp³-hybridized carbons (Fsp3) is 0.259. The molecule has 4 aromatic carbocycles. The van der Waals surface area contributed by atoms with Crippen LogP contribution >= 0.6 is 0 Å². The SMILES string of the molecule is CC(C)(CNC[c-]1cccc1)CNC[c-]1[cH-][cH-][cH-][cH-]1.[Fe].[Fe].c1cc[cH-]c1.c1cc[cH-]c1. The molecule has 0 aliphatic rings. The van der Waals surface area contributed by atoms with Crippen molar-refractivity contribution in [3.8, 4) is 0 Å². The first kappa shape index (κ1) is 29.4. The largest absolute Gasteiger partial charge is 0.748 e. The van der Waals surface area contributed by atoms with Crippen LogP contribution in [0, 0.1) is 5.41 Å². The summed E-state index contributed by atoms with van der Waals surface area (Å²) in [6, 6.07) is 37.0. The molecule has 4 aromatic rings. The first-order valence-electron chi connectivity index (χ1n) is 10.3. The average molecular weight is 498 g/mol. The minimum absolute atomic E-state index is 0. The van der Waals surface area contributed by atoms with Crippen molar-refractivity contribution in [2.24, 2.45) is 5.41 Å². The zero-order chi connectivity index (χ0) is 20.6. The van der Waals surface area contributed by atoms with E-state index in [0.717, 1.165) is 26.2 Å². The first-order valence-corrected chi connectivity index (χ1v) is 10.3. The molecule has 31 heavy (non-hydrogen) atoms. The number of nitrogens with one attached hydrogen (secondary N) is 2. The molecular weight excluding hydrogens is 464 g/mol. The van der Waals surface area contributed by atoms with E-state index in [-0.39, 0.29) is 39.6 Å². The molecule has 2 nitrogen and oxygen atoms in total. The van der Waals surface area contributed by atoms with Crippen LogP contribution in [0.1, 0.15) is 25.0 Å². The van der Waals surface area contributed by atoms with Gasteiger partial charge in [0.05, 0.1) is 0 Å². The molecule has 0 amide bonds. The van der Waals surface area contributed by atoms with Gasteiger partial charge in [-0.15, -0.1) is 5.56 Å². The van der Waals surface area contributed by atoms with Gasteiger partial charge in [-0.2, -0.15) is 55.1 Å². The van der Waals surface area contributed by atoms with Gasteiger partial charge >= 0.3 is 0 Å². The summed E-state index contributed by atoms with van der Waals surface area (Å²) in [5.41, 5.74) is 2.99. The van der Waals surface area contributed by atoms with Crippen LogP contribution in [0.3, 0.4) is 0 Å². The van der Waals surface area contributed by atoms with E-state index in [4.69, 9.17) is 0 Å². The second kappa shape index (κ2) is 18.0. The van der Waals surface area contributed by atoms with E-state index < -0.39 is 0 Å². The van der Waals surface area contributed by atoms with Crippen molar-refractivity contribution in [2.75, 3.05) is 13.1 Å². The summed E-state index contributed by atoms with van der Waals surface area (Å²) < 4.78 is 0. The molecule has 4 rings (SSSR count). The summed E-state index contributed by atoms with van der Waals surface area (Å²) in [5, 5.41) is 7.06. The third-order valence-corrected chi connectivity index (χ3v) is 4.44. The van der Waals surface area contributed by atoms with Crippen molar-refractivity contribution in [1.29, 1.82) is 0 Å². The molecule has 0 radical (unpaired) electrons. The van der Waals surface area contributed by atoms with E-state index in [9.17, 15) is 0 Å². The third kappa shape index (κ3) is 14.9. The Bertz CT molecular complexity index is 681. The van der Waals surface area contributed by atoms with Gasteiger partial charge in [-0.05, 0) is 18.5 Å². The Kier molecular flexibility index (Phi) is 17.0. The van der Waals surface area contributed by atoms with E-state index in [1.54, 1.807) is 0 Å². The molecule has 4 heteroatoms. The monoisotopic (exact) mass is 498 g/mol. The van der Waals surface area contributed by atoms with Gasteiger partial charge in [-0.1, -0.05) is 13.8 Å². The Morgan fingerprint density at radius 3 is 1.55 bits per heavy atom. The van der Waals surface area contributed by atoms with Crippen LogP contribution in [0.15, 0.2) is 109 Å². The molecule has 0 aliphatic carbocycles. The molecule has 0 unspecified atom stereocenters. The summed E-state index contributed by atoms with van der Waals surface area (Å²) in [6.07, 6.45) is 0. The van der Waals surface area contributed by atoms with Gasteiger partial charge in [0.25, 0.3) is 0 Å². The summed E-state index contributed by atoms with van der Waals surface area (Å²) >= 11 is 0. The molecule has 0 spiro atoms. The van der Waals surface area contributed by atoms with Crippen molar-refractivity contribution in [3.05, 3.63) is 120 Å². The van der Waals surface area contributed by atoms with Crippen molar-refractivity contribution in [2.45, 2.75) is 26.9 Å². The predicted molar refractivity (Wildman–Crippen MR) is 125 cm³/mol. The van der Waals surface area contributed by atoms with E-state index in [1.807, 2.05) is 60.7 Å². The zero-order valence-electron chi connectivity index (χ0n) is 18.4. The minimum atomic E-state index is 0. The van der Waals surface area contributed by atoms with Crippen molar-refractivity contribution in [3.63, 3.8) is 0 Å². The standard InChI is InChI=1S/C17H24N2.2C5H5.2Fe/c1-17(2,13-18-11-15-7-3-4-8-15)14-19-12-16-9-5-6-10-16;2*1-2-4-5-3-1;;/h3-10,18-19H,11-14H2,1-2H3;2*1-5H;;/q-6;2*-1;;. The van der Waals surface area contributed by atoms with E-state index >= 15 is 0 Å². The fourth-order valence-electron chi connectivity index (χ4n) is 2.86. The molecule has 176 valence electrons. The third-order valence-electron chi connectivity index (χ3n) is 4.44. The van der Waals surface area contributed by atoms with Gasteiger partial charge in [0.15, 0.2) is 0 Å². The summed E-state index contributed by atoms with van der Waals surface area (Å²) in [5.74, 6) is 0. The van der Waals surface area contributed by atoms with Crippen molar-refractivity contribution >= 4 is 0 Å². The molecule has 2 N–H and O–H groups in total. The Hall–Kier alpha value is -1.64. The van der Waals surface area contributed by atoms with E-state index in [1.165, 1.54) is 11.1 Å².